The fourth-order valence-electron chi connectivity index (χ4n) is 7.30. The van der Waals surface area contributed by atoms with E-state index in [0.717, 1.165) is 51.2 Å². The van der Waals surface area contributed by atoms with Crippen molar-refractivity contribution in [1.29, 1.82) is 0 Å². The van der Waals surface area contributed by atoms with E-state index in [1.807, 2.05) is 76.0 Å². The second-order valence-corrected chi connectivity index (χ2v) is 13.8. The highest BCUT2D eigenvalue weighted by atomic mass is 16.5. The Morgan fingerprint density at radius 2 is 1.26 bits per heavy atom. The zero-order valence-corrected chi connectivity index (χ0v) is 31.1. The van der Waals surface area contributed by atoms with Crippen molar-refractivity contribution < 1.29 is 14.6 Å². The number of esters is 1. The van der Waals surface area contributed by atoms with E-state index in [0.29, 0.717) is 24.5 Å². The topological polar surface area (TPSA) is 108 Å². The Bertz CT molecular complexity index is 2230. The van der Waals surface area contributed by atoms with Gasteiger partial charge in [0.1, 0.15) is 22.7 Å². The summed E-state index contributed by atoms with van der Waals surface area (Å²) in [4.78, 5) is 18.0. The average Bonchev–Trinajstić information content (AvgIpc) is 3.83. The molecule has 9 nitrogen and oxygen atoms in total. The van der Waals surface area contributed by atoms with Crippen LogP contribution >= 0.6 is 0 Å². The van der Waals surface area contributed by atoms with E-state index in [1.54, 1.807) is 20.8 Å². The normalized spacial score (nSPS) is 11.8. The molecule has 0 atom stereocenters. The molecule has 0 aliphatic carbocycles. The number of tetrazole rings is 1. The molecular formula is C45H44N6O3. The van der Waals surface area contributed by atoms with Crippen LogP contribution in [0.1, 0.15) is 78.4 Å². The maximum atomic E-state index is 13.3. The van der Waals surface area contributed by atoms with Crippen molar-refractivity contribution in [3.8, 4) is 22.5 Å². The summed E-state index contributed by atoms with van der Waals surface area (Å²) in [5, 5.41) is 24.8. The van der Waals surface area contributed by atoms with E-state index >= 15 is 0 Å². The van der Waals surface area contributed by atoms with Crippen LogP contribution < -0.4 is 0 Å². The lowest BCUT2D eigenvalue weighted by molar-refractivity contribution is 0.0469. The zero-order chi connectivity index (χ0) is 37.7. The zero-order valence-electron chi connectivity index (χ0n) is 31.1. The number of ether oxygens (including phenoxy) is 1. The van der Waals surface area contributed by atoms with E-state index in [9.17, 15) is 9.90 Å². The van der Waals surface area contributed by atoms with Crippen molar-refractivity contribution in [1.82, 2.24) is 29.8 Å². The number of nitrogens with zero attached hydrogens (tertiary/aromatic N) is 6. The summed E-state index contributed by atoms with van der Waals surface area (Å²) in [5.41, 5.74) is 5.26. The highest BCUT2D eigenvalue weighted by Gasteiger charge is 2.42. The lowest BCUT2D eigenvalue weighted by Crippen LogP contribution is -2.39. The summed E-state index contributed by atoms with van der Waals surface area (Å²) in [6.07, 6.45) is 1.49. The number of carbonyl (C=O) groups is 1. The molecule has 0 aliphatic rings. The predicted molar refractivity (Wildman–Crippen MR) is 210 cm³/mol. The third-order valence-corrected chi connectivity index (χ3v) is 9.70. The standard InChI is InChI=1S/C45H44N6O3/c1-5-18-39-46-41(44(3,4)53)40(43(52)54-6-2)50(39)31-32-27-29-33(30-28-32)37-25-16-17-26-38(37)42-47-48-49-51(42)45(34-19-10-7-11-20-34,35-21-12-8-13-22-35)36-23-14-9-15-24-36/h7-17,19-30,53H,5-6,18,31H2,1-4H3. The maximum Gasteiger partial charge on any atom is 0.357 e. The van der Waals surface area contributed by atoms with Gasteiger partial charge in [-0.2, -0.15) is 0 Å². The van der Waals surface area contributed by atoms with E-state index in [1.165, 1.54) is 0 Å². The molecule has 0 fully saturated rings. The Morgan fingerprint density at radius 3 is 1.78 bits per heavy atom. The van der Waals surface area contributed by atoms with Crippen molar-refractivity contribution in [2.75, 3.05) is 6.61 Å². The second kappa shape index (κ2) is 15.4. The van der Waals surface area contributed by atoms with Crippen LogP contribution in [0.2, 0.25) is 0 Å². The molecule has 0 unspecified atom stereocenters. The Balaban J connectivity index is 1.33. The number of rotatable bonds is 13. The first kappa shape index (κ1) is 36.2. The van der Waals surface area contributed by atoms with Gasteiger partial charge in [0.05, 0.1) is 6.61 Å². The predicted octanol–water partition coefficient (Wildman–Crippen LogP) is 8.45. The molecule has 272 valence electrons. The number of aryl methyl sites for hydroxylation is 1. The highest BCUT2D eigenvalue weighted by molar-refractivity contribution is 5.89. The molecule has 54 heavy (non-hydrogen) atoms. The molecule has 0 aliphatic heterocycles. The minimum atomic E-state index is -1.32. The Hall–Kier alpha value is -6.19. The molecule has 7 aromatic rings. The molecular weight excluding hydrogens is 673 g/mol. The summed E-state index contributed by atoms with van der Waals surface area (Å²) < 4.78 is 9.29. The Kier molecular flexibility index (Phi) is 10.3. The fraction of sp³-hybridized carbons (Fsp3) is 0.222. The maximum absolute atomic E-state index is 13.3. The molecule has 0 radical (unpaired) electrons. The summed E-state index contributed by atoms with van der Waals surface area (Å²) in [5.74, 6) is 0.857. The lowest BCUT2D eigenvalue weighted by Gasteiger charge is -2.36. The summed E-state index contributed by atoms with van der Waals surface area (Å²) in [6.45, 7) is 7.74. The Morgan fingerprint density at radius 1 is 0.722 bits per heavy atom. The van der Waals surface area contributed by atoms with Gasteiger partial charge in [0.25, 0.3) is 0 Å². The smallest absolute Gasteiger partial charge is 0.357 e. The van der Waals surface area contributed by atoms with Crippen LogP contribution in [0.3, 0.4) is 0 Å². The van der Waals surface area contributed by atoms with Gasteiger partial charge in [-0.25, -0.2) is 14.5 Å². The molecule has 1 N–H and O–H groups in total. The second-order valence-electron chi connectivity index (χ2n) is 13.8. The molecule has 0 spiro atoms. The number of hydrogen-bond acceptors (Lipinski definition) is 7. The van der Waals surface area contributed by atoms with Crippen LogP contribution in [0.4, 0.5) is 0 Å². The van der Waals surface area contributed by atoms with Gasteiger partial charge in [0.15, 0.2) is 11.5 Å². The van der Waals surface area contributed by atoms with Crippen LogP contribution in [0.5, 0.6) is 0 Å². The summed E-state index contributed by atoms with van der Waals surface area (Å²) in [6, 6.07) is 47.5. The van der Waals surface area contributed by atoms with Crippen molar-refractivity contribution >= 4 is 5.97 Å². The average molecular weight is 717 g/mol. The molecule has 2 aromatic heterocycles. The minimum Gasteiger partial charge on any atom is -0.461 e. The third-order valence-electron chi connectivity index (χ3n) is 9.70. The first-order valence-corrected chi connectivity index (χ1v) is 18.4. The lowest BCUT2D eigenvalue weighted by atomic mass is 9.77. The van der Waals surface area contributed by atoms with E-state index in [2.05, 4.69) is 84.9 Å². The monoisotopic (exact) mass is 716 g/mol. The number of hydrogen-bond donors (Lipinski definition) is 1. The SMILES string of the molecule is CCCc1nc(C(C)(C)O)c(C(=O)OCC)n1Cc1ccc(-c2ccccc2-c2nnnn2C(c2ccccc2)(c2ccccc2)c2ccccc2)cc1. The fourth-order valence-corrected chi connectivity index (χ4v) is 7.30. The molecule has 0 amide bonds. The quantitative estimate of drug-likeness (QED) is 0.0943. The van der Waals surface area contributed by atoms with Gasteiger partial charge >= 0.3 is 5.97 Å². The van der Waals surface area contributed by atoms with Gasteiger partial charge in [-0.15, -0.1) is 5.10 Å². The number of imidazole rings is 1. The first-order chi connectivity index (χ1) is 26.3. The van der Waals surface area contributed by atoms with Gasteiger partial charge in [0, 0.05) is 18.5 Å². The van der Waals surface area contributed by atoms with Gasteiger partial charge in [-0.05, 0) is 71.0 Å². The van der Waals surface area contributed by atoms with Crippen molar-refractivity contribution in [2.45, 2.75) is 58.2 Å². The Labute approximate surface area is 315 Å². The van der Waals surface area contributed by atoms with Crippen molar-refractivity contribution in [3.63, 3.8) is 0 Å². The van der Waals surface area contributed by atoms with Crippen molar-refractivity contribution in [2.24, 2.45) is 0 Å². The van der Waals surface area contributed by atoms with Gasteiger partial charge in [0.2, 0.25) is 0 Å². The number of aliphatic hydroxyl groups is 1. The molecule has 0 saturated heterocycles. The van der Waals surface area contributed by atoms with E-state index in [-0.39, 0.29) is 12.3 Å². The highest BCUT2D eigenvalue weighted by Crippen LogP contribution is 2.43. The summed E-state index contributed by atoms with van der Waals surface area (Å²) in [7, 11) is 0. The number of carbonyl (C=O) groups excluding carboxylic acids is 1. The van der Waals surface area contributed by atoms with Crippen molar-refractivity contribution in [3.05, 3.63) is 179 Å². The van der Waals surface area contributed by atoms with Gasteiger partial charge in [-0.1, -0.05) is 146 Å². The molecule has 2 heterocycles. The largest absolute Gasteiger partial charge is 0.461 e. The van der Waals surface area contributed by atoms with Crippen LogP contribution in [-0.2, 0) is 28.8 Å². The first-order valence-electron chi connectivity index (χ1n) is 18.4. The molecule has 0 bridgehead atoms. The minimum absolute atomic E-state index is 0.221. The molecule has 0 saturated carbocycles. The molecule has 5 aromatic carbocycles. The molecule has 9 heteroatoms. The number of aromatic nitrogens is 6. The van der Waals surface area contributed by atoms with Crippen LogP contribution in [0.15, 0.2) is 140 Å². The van der Waals surface area contributed by atoms with Crippen LogP contribution in [0.25, 0.3) is 22.5 Å². The molecule has 7 rings (SSSR count). The van der Waals surface area contributed by atoms with E-state index in [4.69, 9.17) is 20.0 Å². The van der Waals surface area contributed by atoms with Crippen LogP contribution in [-0.4, -0.2) is 47.4 Å². The van der Waals surface area contributed by atoms with Crippen LogP contribution in [0, 0.1) is 0 Å². The van der Waals surface area contributed by atoms with Gasteiger partial charge < -0.3 is 14.4 Å². The third kappa shape index (κ3) is 6.74. The van der Waals surface area contributed by atoms with E-state index < -0.39 is 17.1 Å². The number of benzene rings is 5. The summed E-state index contributed by atoms with van der Waals surface area (Å²) >= 11 is 0. The van der Waals surface area contributed by atoms with Gasteiger partial charge in [-0.3, -0.25) is 0 Å².